The summed E-state index contributed by atoms with van der Waals surface area (Å²) in [5.41, 5.74) is 2.92. The summed E-state index contributed by atoms with van der Waals surface area (Å²) in [6.45, 7) is 11.0. The Morgan fingerprint density at radius 1 is 1.50 bits per heavy atom. The average molecular weight is 219 g/mol. The van der Waals surface area contributed by atoms with E-state index in [0.717, 1.165) is 26.2 Å². The number of hydrogen-bond donors (Lipinski definition) is 1. The molecule has 0 spiro atoms. The zero-order chi connectivity index (χ0) is 11.6. The first kappa shape index (κ1) is 11.6. The lowest BCUT2D eigenvalue weighted by Gasteiger charge is -2.39. The average Bonchev–Trinajstić information content (AvgIpc) is 2.20. The van der Waals surface area contributed by atoms with E-state index in [4.69, 9.17) is 0 Å². The minimum Gasteiger partial charge on any atom is -0.309 e. The maximum absolute atomic E-state index is 4.14. The fraction of sp³-hybridized carbons (Fsp3) is 0.615. The minimum atomic E-state index is 0.235. The standard InChI is InChI=1S/C13H21N3/c1-11-8-14-5-4-12(11)9-16-7-6-15-13(2,3)10-16/h4-5,8,15H,6-7,9-10H2,1-3H3. The molecule has 0 atom stereocenters. The molecule has 0 amide bonds. The number of aromatic nitrogens is 1. The van der Waals surface area contributed by atoms with E-state index in [-0.39, 0.29) is 5.54 Å². The van der Waals surface area contributed by atoms with Crippen molar-refractivity contribution < 1.29 is 0 Å². The molecule has 3 nitrogen and oxygen atoms in total. The molecule has 16 heavy (non-hydrogen) atoms. The van der Waals surface area contributed by atoms with E-state index in [1.54, 1.807) is 0 Å². The summed E-state index contributed by atoms with van der Waals surface area (Å²) >= 11 is 0. The third kappa shape index (κ3) is 2.80. The largest absolute Gasteiger partial charge is 0.309 e. The predicted octanol–water partition coefficient (Wildman–Crippen LogP) is 1.57. The van der Waals surface area contributed by atoms with Crippen LogP contribution in [0.25, 0.3) is 0 Å². The molecule has 0 aliphatic carbocycles. The van der Waals surface area contributed by atoms with E-state index in [0.29, 0.717) is 0 Å². The van der Waals surface area contributed by atoms with Gasteiger partial charge in [-0.15, -0.1) is 0 Å². The number of rotatable bonds is 2. The molecule has 0 aromatic carbocycles. The Bertz CT molecular complexity index is 360. The highest BCUT2D eigenvalue weighted by molar-refractivity contribution is 5.21. The van der Waals surface area contributed by atoms with Crippen molar-refractivity contribution in [1.29, 1.82) is 0 Å². The van der Waals surface area contributed by atoms with Crippen LogP contribution in [0.15, 0.2) is 18.5 Å². The second-order valence-electron chi connectivity index (χ2n) is 5.32. The predicted molar refractivity (Wildman–Crippen MR) is 66.3 cm³/mol. The van der Waals surface area contributed by atoms with Gasteiger partial charge in [0.2, 0.25) is 0 Å². The summed E-state index contributed by atoms with van der Waals surface area (Å²) in [6, 6.07) is 2.13. The van der Waals surface area contributed by atoms with Crippen molar-refractivity contribution in [3.8, 4) is 0 Å². The van der Waals surface area contributed by atoms with Gasteiger partial charge in [0.1, 0.15) is 0 Å². The molecule has 2 heterocycles. The van der Waals surface area contributed by atoms with Crippen molar-refractivity contribution in [1.82, 2.24) is 15.2 Å². The lowest BCUT2D eigenvalue weighted by molar-refractivity contribution is 0.148. The maximum Gasteiger partial charge on any atom is 0.0300 e. The van der Waals surface area contributed by atoms with Gasteiger partial charge in [0.15, 0.2) is 0 Å². The summed E-state index contributed by atoms with van der Waals surface area (Å²) < 4.78 is 0. The van der Waals surface area contributed by atoms with Crippen LogP contribution >= 0.6 is 0 Å². The molecule has 1 saturated heterocycles. The zero-order valence-electron chi connectivity index (χ0n) is 10.5. The normalized spacial score (nSPS) is 20.9. The van der Waals surface area contributed by atoms with Gasteiger partial charge in [-0.3, -0.25) is 9.88 Å². The molecule has 0 bridgehead atoms. The fourth-order valence-corrected chi connectivity index (χ4v) is 2.30. The van der Waals surface area contributed by atoms with Crippen molar-refractivity contribution in [2.45, 2.75) is 32.9 Å². The van der Waals surface area contributed by atoms with Crippen LogP contribution in [0.4, 0.5) is 0 Å². The van der Waals surface area contributed by atoms with Crippen molar-refractivity contribution in [2.24, 2.45) is 0 Å². The Morgan fingerprint density at radius 3 is 3.00 bits per heavy atom. The second kappa shape index (κ2) is 4.52. The molecule has 88 valence electrons. The first-order chi connectivity index (χ1) is 7.57. The van der Waals surface area contributed by atoms with E-state index in [1.165, 1.54) is 11.1 Å². The van der Waals surface area contributed by atoms with E-state index in [9.17, 15) is 0 Å². The first-order valence-corrected chi connectivity index (χ1v) is 5.94. The van der Waals surface area contributed by atoms with Crippen LogP contribution in [-0.4, -0.2) is 35.1 Å². The molecular weight excluding hydrogens is 198 g/mol. The fourth-order valence-electron chi connectivity index (χ4n) is 2.30. The van der Waals surface area contributed by atoms with E-state index < -0.39 is 0 Å². The summed E-state index contributed by atoms with van der Waals surface area (Å²) in [6.07, 6.45) is 3.83. The van der Waals surface area contributed by atoms with Crippen LogP contribution in [0.5, 0.6) is 0 Å². The third-order valence-corrected chi connectivity index (χ3v) is 3.18. The van der Waals surface area contributed by atoms with Gasteiger partial charge in [0.25, 0.3) is 0 Å². The van der Waals surface area contributed by atoms with Gasteiger partial charge in [0, 0.05) is 44.1 Å². The summed E-state index contributed by atoms with van der Waals surface area (Å²) in [5, 5.41) is 3.53. The number of aryl methyl sites for hydroxylation is 1. The number of nitrogens with zero attached hydrogens (tertiary/aromatic N) is 2. The molecule has 1 aromatic rings. The van der Waals surface area contributed by atoms with Crippen LogP contribution in [-0.2, 0) is 6.54 Å². The smallest absolute Gasteiger partial charge is 0.0300 e. The van der Waals surface area contributed by atoms with Crippen LogP contribution in [0, 0.1) is 6.92 Å². The van der Waals surface area contributed by atoms with Gasteiger partial charge in [-0.2, -0.15) is 0 Å². The van der Waals surface area contributed by atoms with Gasteiger partial charge in [-0.1, -0.05) is 0 Å². The maximum atomic E-state index is 4.14. The van der Waals surface area contributed by atoms with E-state index in [1.807, 2.05) is 12.4 Å². The quantitative estimate of drug-likeness (QED) is 0.818. The molecule has 1 aliphatic rings. The van der Waals surface area contributed by atoms with Gasteiger partial charge < -0.3 is 5.32 Å². The van der Waals surface area contributed by atoms with Gasteiger partial charge in [-0.05, 0) is 38.0 Å². The monoisotopic (exact) mass is 219 g/mol. The lowest BCUT2D eigenvalue weighted by atomic mass is 10.0. The van der Waals surface area contributed by atoms with Crippen LogP contribution < -0.4 is 5.32 Å². The summed E-state index contributed by atoms with van der Waals surface area (Å²) in [4.78, 5) is 6.65. The van der Waals surface area contributed by atoms with E-state index in [2.05, 4.69) is 42.0 Å². The SMILES string of the molecule is Cc1cnccc1CN1CCNC(C)(C)C1. The minimum absolute atomic E-state index is 0.235. The molecule has 1 fully saturated rings. The molecule has 0 radical (unpaired) electrons. The highest BCUT2D eigenvalue weighted by Crippen LogP contribution is 2.15. The van der Waals surface area contributed by atoms with Crippen molar-refractivity contribution in [2.75, 3.05) is 19.6 Å². The molecule has 1 N–H and O–H groups in total. The Labute approximate surface area is 97.9 Å². The molecule has 0 saturated carbocycles. The van der Waals surface area contributed by atoms with Crippen LogP contribution in [0.3, 0.4) is 0 Å². The molecule has 1 aliphatic heterocycles. The molecule has 2 rings (SSSR count). The molecule has 3 heteroatoms. The second-order valence-corrected chi connectivity index (χ2v) is 5.32. The molecule has 0 unspecified atom stereocenters. The van der Waals surface area contributed by atoms with Gasteiger partial charge in [0.05, 0.1) is 0 Å². The van der Waals surface area contributed by atoms with Crippen LogP contribution in [0.2, 0.25) is 0 Å². The number of hydrogen-bond acceptors (Lipinski definition) is 3. The first-order valence-electron chi connectivity index (χ1n) is 5.94. The molecule has 1 aromatic heterocycles. The highest BCUT2D eigenvalue weighted by Gasteiger charge is 2.25. The highest BCUT2D eigenvalue weighted by atomic mass is 15.2. The van der Waals surface area contributed by atoms with Crippen molar-refractivity contribution in [3.05, 3.63) is 29.6 Å². The lowest BCUT2D eigenvalue weighted by Crippen LogP contribution is -2.56. The zero-order valence-corrected chi connectivity index (χ0v) is 10.5. The van der Waals surface area contributed by atoms with Crippen molar-refractivity contribution >= 4 is 0 Å². The van der Waals surface area contributed by atoms with Crippen LogP contribution in [0.1, 0.15) is 25.0 Å². The Hall–Kier alpha value is -0.930. The summed E-state index contributed by atoms with van der Waals surface area (Å²) in [5.74, 6) is 0. The number of nitrogens with one attached hydrogen (secondary N) is 1. The topological polar surface area (TPSA) is 28.2 Å². The third-order valence-electron chi connectivity index (χ3n) is 3.18. The number of pyridine rings is 1. The molecular formula is C13H21N3. The van der Waals surface area contributed by atoms with Gasteiger partial charge in [-0.25, -0.2) is 0 Å². The number of piperazine rings is 1. The Balaban J connectivity index is 2.02. The van der Waals surface area contributed by atoms with Gasteiger partial charge >= 0.3 is 0 Å². The van der Waals surface area contributed by atoms with E-state index >= 15 is 0 Å². The Kier molecular flexibility index (Phi) is 3.26. The summed E-state index contributed by atoms with van der Waals surface area (Å²) in [7, 11) is 0. The van der Waals surface area contributed by atoms with Crippen molar-refractivity contribution in [3.63, 3.8) is 0 Å². The Morgan fingerprint density at radius 2 is 2.31 bits per heavy atom.